The molecule has 0 saturated heterocycles. The number of nitrogen functional groups attached to an aromatic ring is 1. The zero-order valence-corrected chi connectivity index (χ0v) is 6.53. The van der Waals surface area contributed by atoms with Crippen molar-refractivity contribution in [2.24, 2.45) is 0 Å². The number of anilines is 1. The molecule has 0 aromatic heterocycles. The largest absolute Gasteiger partial charge is 0.396 e. The number of hydrogen-bond donors (Lipinski definition) is 1. The van der Waals surface area contributed by atoms with Crippen molar-refractivity contribution in [3.63, 3.8) is 0 Å². The van der Waals surface area contributed by atoms with E-state index >= 15 is 0 Å². The highest BCUT2D eigenvalue weighted by Crippen LogP contribution is 2.22. The van der Waals surface area contributed by atoms with Crippen LogP contribution in [-0.4, -0.2) is 6.18 Å². The normalized spacial score (nSPS) is 11.7. The second kappa shape index (κ2) is 3.24. The van der Waals surface area contributed by atoms with Crippen LogP contribution in [0.15, 0.2) is 18.2 Å². The molecule has 0 aliphatic heterocycles. The molecule has 0 saturated carbocycles. The summed E-state index contributed by atoms with van der Waals surface area (Å²) in [6.07, 6.45) is -5.45. The van der Waals surface area contributed by atoms with Crippen molar-refractivity contribution in [2.45, 2.75) is 12.6 Å². The summed E-state index contributed by atoms with van der Waals surface area (Å²) in [6, 6.07) is 3.07. The average Bonchev–Trinajstić information content (AvgIpc) is 1.94. The number of rotatable bonds is 1. The Balaban J connectivity index is 2.86. The van der Waals surface area contributed by atoms with Gasteiger partial charge in [-0.3, -0.25) is 0 Å². The fourth-order valence-corrected chi connectivity index (χ4v) is 0.912. The summed E-state index contributed by atoms with van der Waals surface area (Å²) in [5.74, 6) is -0.818. The fourth-order valence-electron chi connectivity index (χ4n) is 0.912. The molecule has 0 unspecified atom stereocenters. The van der Waals surface area contributed by atoms with Gasteiger partial charge in [-0.15, -0.1) is 0 Å². The summed E-state index contributed by atoms with van der Waals surface area (Å²) in [7, 11) is 0. The predicted molar refractivity (Wildman–Crippen MR) is 40.6 cm³/mol. The van der Waals surface area contributed by atoms with Crippen LogP contribution in [0.4, 0.5) is 23.2 Å². The number of hydrogen-bond acceptors (Lipinski definition) is 1. The summed E-state index contributed by atoms with van der Waals surface area (Å²) in [6.45, 7) is 0. The molecule has 0 aliphatic carbocycles. The highest BCUT2D eigenvalue weighted by molar-refractivity contribution is 5.41. The Morgan fingerprint density at radius 3 is 2.31 bits per heavy atom. The van der Waals surface area contributed by atoms with Crippen LogP contribution in [0.5, 0.6) is 0 Å². The number of benzene rings is 1. The Kier molecular flexibility index (Phi) is 2.45. The third-order valence-corrected chi connectivity index (χ3v) is 1.47. The maximum Gasteiger partial charge on any atom is 0.393 e. The van der Waals surface area contributed by atoms with Gasteiger partial charge in [0.25, 0.3) is 0 Å². The van der Waals surface area contributed by atoms with Crippen molar-refractivity contribution < 1.29 is 17.6 Å². The molecule has 0 amide bonds. The second-order valence-electron chi connectivity index (χ2n) is 2.65. The van der Waals surface area contributed by atoms with E-state index in [0.29, 0.717) is 0 Å². The Hall–Kier alpha value is -1.26. The molecule has 0 atom stereocenters. The van der Waals surface area contributed by atoms with E-state index in [4.69, 9.17) is 5.73 Å². The molecule has 1 rings (SSSR count). The number of halogens is 4. The van der Waals surface area contributed by atoms with Gasteiger partial charge in [0.2, 0.25) is 0 Å². The molecule has 0 aliphatic rings. The second-order valence-corrected chi connectivity index (χ2v) is 2.65. The van der Waals surface area contributed by atoms with Crippen molar-refractivity contribution in [3.05, 3.63) is 29.6 Å². The fraction of sp³-hybridized carbons (Fsp3) is 0.250. The first kappa shape index (κ1) is 9.83. The quantitative estimate of drug-likeness (QED) is 0.538. The van der Waals surface area contributed by atoms with Crippen molar-refractivity contribution in [1.29, 1.82) is 0 Å². The molecule has 5 heteroatoms. The van der Waals surface area contributed by atoms with Crippen molar-refractivity contribution in [2.75, 3.05) is 5.73 Å². The standard InChI is InChI=1S/C8H7F4N/c9-6-3-5(1-2-7(6)13)4-8(10,11)12/h1-3H,4,13H2. The first-order valence-corrected chi connectivity index (χ1v) is 3.49. The summed E-state index contributed by atoms with van der Waals surface area (Å²) in [5, 5.41) is 0. The monoisotopic (exact) mass is 193 g/mol. The Bertz CT molecular complexity index is 306. The molecule has 72 valence electrons. The zero-order valence-electron chi connectivity index (χ0n) is 6.53. The summed E-state index contributed by atoms with van der Waals surface area (Å²) >= 11 is 0. The average molecular weight is 193 g/mol. The molecule has 13 heavy (non-hydrogen) atoms. The van der Waals surface area contributed by atoms with Gasteiger partial charge in [0.05, 0.1) is 12.1 Å². The minimum atomic E-state index is -4.32. The summed E-state index contributed by atoms with van der Waals surface area (Å²) < 4.78 is 48.1. The molecule has 0 spiro atoms. The topological polar surface area (TPSA) is 26.0 Å². The third kappa shape index (κ3) is 2.93. The highest BCUT2D eigenvalue weighted by Gasteiger charge is 2.27. The maximum atomic E-state index is 12.7. The SMILES string of the molecule is Nc1ccc(CC(F)(F)F)cc1F. The summed E-state index contributed by atoms with van der Waals surface area (Å²) in [5.41, 5.74) is 4.82. The lowest BCUT2D eigenvalue weighted by Crippen LogP contribution is -2.11. The third-order valence-electron chi connectivity index (χ3n) is 1.47. The maximum absolute atomic E-state index is 12.7. The van der Waals surface area contributed by atoms with E-state index in [2.05, 4.69) is 0 Å². The molecule has 1 nitrogen and oxygen atoms in total. The molecular weight excluding hydrogens is 186 g/mol. The van der Waals surface area contributed by atoms with E-state index in [1.807, 2.05) is 0 Å². The zero-order chi connectivity index (χ0) is 10.1. The van der Waals surface area contributed by atoms with Crippen LogP contribution < -0.4 is 5.73 Å². The van der Waals surface area contributed by atoms with Gasteiger partial charge in [0.1, 0.15) is 5.82 Å². The molecule has 0 bridgehead atoms. The van der Waals surface area contributed by atoms with Gasteiger partial charge in [-0.2, -0.15) is 13.2 Å². The molecule has 0 heterocycles. The smallest absolute Gasteiger partial charge is 0.393 e. The first-order valence-electron chi connectivity index (χ1n) is 3.49. The lowest BCUT2D eigenvalue weighted by atomic mass is 10.1. The Morgan fingerprint density at radius 1 is 1.23 bits per heavy atom. The minimum absolute atomic E-state index is 0.126. The molecule has 0 radical (unpaired) electrons. The molecular formula is C8H7F4N. The van der Waals surface area contributed by atoms with Gasteiger partial charge in [0.15, 0.2) is 0 Å². The van der Waals surface area contributed by atoms with Crippen LogP contribution in [0.3, 0.4) is 0 Å². The van der Waals surface area contributed by atoms with E-state index in [1.54, 1.807) is 0 Å². The lowest BCUT2D eigenvalue weighted by molar-refractivity contribution is -0.127. The van der Waals surface area contributed by atoms with E-state index in [0.717, 1.165) is 18.2 Å². The highest BCUT2D eigenvalue weighted by atomic mass is 19.4. The van der Waals surface area contributed by atoms with Crippen LogP contribution in [0.1, 0.15) is 5.56 Å². The van der Waals surface area contributed by atoms with Gasteiger partial charge in [-0.25, -0.2) is 4.39 Å². The van der Waals surface area contributed by atoms with E-state index in [9.17, 15) is 17.6 Å². The molecule has 1 aromatic rings. The predicted octanol–water partition coefficient (Wildman–Crippen LogP) is 2.51. The molecule has 0 fully saturated rings. The molecule has 2 N–H and O–H groups in total. The number of nitrogens with two attached hydrogens (primary N) is 1. The van der Waals surface area contributed by atoms with Crippen LogP contribution in [0.2, 0.25) is 0 Å². The minimum Gasteiger partial charge on any atom is -0.396 e. The first-order chi connectivity index (χ1) is 5.88. The van der Waals surface area contributed by atoms with Gasteiger partial charge in [0, 0.05) is 0 Å². The van der Waals surface area contributed by atoms with Gasteiger partial charge in [-0.05, 0) is 17.7 Å². The Morgan fingerprint density at radius 2 is 1.85 bits per heavy atom. The van der Waals surface area contributed by atoms with Gasteiger partial charge in [-0.1, -0.05) is 6.07 Å². The van der Waals surface area contributed by atoms with Crippen LogP contribution >= 0.6 is 0 Å². The van der Waals surface area contributed by atoms with E-state index in [-0.39, 0.29) is 11.3 Å². The van der Waals surface area contributed by atoms with Crippen molar-refractivity contribution in [3.8, 4) is 0 Å². The van der Waals surface area contributed by atoms with Crippen molar-refractivity contribution in [1.82, 2.24) is 0 Å². The molecule has 1 aromatic carbocycles. The van der Waals surface area contributed by atoms with Gasteiger partial charge < -0.3 is 5.73 Å². The van der Waals surface area contributed by atoms with E-state index in [1.165, 1.54) is 0 Å². The van der Waals surface area contributed by atoms with Crippen LogP contribution in [0, 0.1) is 5.82 Å². The Labute approximate surface area is 72.2 Å². The summed E-state index contributed by atoms with van der Waals surface area (Å²) in [4.78, 5) is 0. The van der Waals surface area contributed by atoms with Crippen molar-refractivity contribution >= 4 is 5.69 Å². The van der Waals surface area contributed by atoms with Crippen LogP contribution in [-0.2, 0) is 6.42 Å². The lowest BCUT2D eigenvalue weighted by Gasteiger charge is -2.06. The van der Waals surface area contributed by atoms with Crippen LogP contribution in [0.25, 0.3) is 0 Å². The van der Waals surface area contributed by atoms with Gasteiger partial charge >= 0.3 is 6.18 Å². The van der Waals surface area contributed by atoms with E-state index < -0.39 is 18.4 Å². The number of alkyl halides is 3.